The molecule has 23 heavy (non-hydrogen) atoms. The van der Waals surface area contributed by atoms with Crippen LogP contribution >= 0.6 is 0 Å². The van der Waals surface area contributed by atoms with Gasteiger partial charge in [0.05, 0.1) is 11.3 Å². The molecule has 6 nitrogen and oxygen atoms in total. The van der Waals surface area contributed by atoms with Gasteiger partial charge in [0.25, 0.3) is 5.91 Å². The Morgan fingerprint density at radius 3 is 2.83 bits per heavy atom. The molecule has 2 aromatic rings. The highest BCUT2D eigenvalue weighted by molar-refractivity contribution is 5.93. The summed E-state index contributed by atoms with van der Waals surface area (Å²) in [6.07, 6.45) is 2.24. The lowest BCUT2D eigenvalue weighted by atomic mass is 10.1. The van der Waals surface area contributed by atoms with Crippen molar-refractivity contribution in [3.05, 3.63) is 47.9 Å². The molecule has 0 atom stereocenters. The molecule has 0 fully saturated rings. The second-order valence-electron chi connectivity index (χ2n) is 5.51. The van der Waals surface area contributed by atoms with Crippen molar-refractivity contribution in [2.75, 3.05) is 11.9 Å². The van der Waals surface area contributed by atoms with E-state index in [4.69, 9.17) is 5.26 Å². The molecular formula is C17H19N5O. The number of carbonyl (C=O) groups excluding carboxylic acids is 1. The summed E-state index contributed by atoms with van der Waals surface area (Å²) in [6, 6.07) is 10.8. The Balaban J connectivity index is 2.08. The average Bonchev–Trinajstić information content (AvgIpc) is 2.55. The van der Waals surface area contributed by atoms with Crippen molar-refractivity contribution in [2.24, 2.45) is 5.92 Å². The molecule has 118 valence electrons. The first-order valence-corrected chi connectivity index (χ1v) is 7.46. The number of rotatable bonds is 6. The number of benzene rings is 1. The van der Waals surface area contributed by atoms with E-state index in [1.165, 1.54) is 6.33 Å². The summed E-state index contributed by atoms with van der Waals surface area (Å²) in [5.41, 5.74) is 1.44. The van der Waals surface area contributed by atoms with Gasteiger partial charge in [-0.3, -0.25) is 4.79 Å². The van der Waals surface area contributed by atoms with Crippen LogP contribution in [0.25, 0.3) is 0 Å². The maximum atomic E-state index is 12.1. The largest absolute Gasteiger partial charge is 0.351 e. The van der Waals surface area contributed by atoms with E-state index in [9.17, 15) is 4.79 Å². The number of carbonyl (C=O) groups is 1. The Labute approximate surface area is 135 Å². The number of anilines is 2. The molecule has 0 radical (unpaired) electrons. The minimum absolute atomic E-state index is 0.232. The highest BCUT2D eigenvalue weighted by atomic mass is 16.1. The van der Waals surface area contributed by atoms with E-state index in [-0.39, 0.29) is 5.91 Å². The summed E-state index contributed by atoms with van der Waals surface area (Å²) >= 11 is 0. The molecule has 2 N–H and O–H groups in total. The molecule has 1 heterocycles. The van der Waals surface area contributed by atoms with E-state index in [2.05, 4.69) is 40.5 Å². The molecular weight excluding hydrogens is 290 g/mol. The van der Waals surface area contributed by atoms with Crippen molar-refractivity contribution >= 4 is 17.4 Å². The van der Waals surface area contributed by atoms with Crippen LogP contribution in [0.2, 0.25) is 0 Å². The van der Waals surface area contributed by atoms with Crippen LogP contribution in [0.1, 0.15) is 36.3 Å². The fraction of sp³-hybridized carbons (Fsp3) is 0.294. The van der Waals surface area contributed by atoms with E-state index >= 15 is 0 Å². The standard InChI is InChI=1S/C17H19N5O/c1-12(2)7-8-19-17(23)15-9-16(21-11-20-15)22-14-6-4-3-5-13(14)10-18/h3-6,9,11-12H,7-8H2,1-2H3,(H,19,23)(H,20,21,22). The van der Waals surface area contributed by atoms with E-state index in [1.54, 1.807) is 24.3 Å². The molecule has 1 aromatic carbocycles. The Morgan fingerprint density at radius 1 is 1.30 bits per heavy atom. The van der Waals surface area contributed by atoms with Crippen LogP contribution in [0.5, 0.6) is 0 Å². The molecule has 2 rings (SSSR count). The van der Waals surface area contributed by atoms with Gasteiger partial charge in [-0.2, -0.15) is 5.26 Å². The highest BCUT2D eigenvalue weighted by Crippen LogP contribution is 2.18. The molecule has 0 unspecified atom stereocenters. The van der Waals surface area contributed by atoms with Gasteiger partial charge in [-0.15, -0.1) is 0 Å². The first kappa shape index (κ1) is 16.4. The van der Waals surface area contributed by atoms with Gasteiger partial charge in [0, 0.05) is 12.6 Å². The third kappa shape index (κ3) is 4.78. The zero-order valence-electron chi connectivity index (χ0n) is 13.2. The maximum absolute atomic E-state index is 12.1. The van der Waals surface area contributed by atoms with Gasteiger partial charge in [-0.1, -0.05) is 26.0 Å². The Hall–Kier alpha value is -2.94. The summed E-state index contributed by atoms with van der Waals surface area (Å²) in [6.45, 7) is 4.82. The molecule has 0 aliphatic heterocycles. The first-order chi connectivity index (χ1) is 11.1. The van der Waals surface area contributed by atoms with Crippen molar-refractivity contribution in [2.45, 2.75) is 20.3 Å². The van der Waals surface area contributed by atoms with E-state index in [1.807, 2.05) is 6.07 Å². The van der Waals surface area contributed by atoms with Gasteiger partial charge >= 0.3 is 0 Å². The van der Waals surface area contributed by atoms with Gasteiger partial charge in [0.15, 0.2) is 0 Å². The number of amides is 1. The number of hydrogen-bond acceptors (Lipinski definition) is 5. The number of hydrogen-bond donors (Lipinski definition) is 2. The van der Waals surface area contributed by atoms with E-state index in [0.29, 0.717) is 35.2 Å². The molecule has 0 bridgehead atoms. The van der Waals surface area contributed by atoms with Crippen molar-refractivity contribution in [3.8, 4) is 6.07 Å². The number of aromatic nitrogens is 2. The normalized spacial score (nSPS) is 10.2. The third-order valence-electron chi connectivity index (χ3n) is 3.22. The molecule has 1 amide bonds. The number of nitriles is 1. The Morgan fingerprint density at radius 2 is 2.09 bits per heavy atom. The zero-order chi connectivity index (χ0) is 16.7. The van der Waals surface area contributed by atoms with Crippen LogP contribution in [0.4, 0.5) is 11.5 Å². The minimum atomic E-state index is -0.232. The van der Waals surface area contributed by atoms with Gasteiger partial charge in [0.2, 0.25) is 0 Å². The van der Waals surface area contributed by atoms with Crippen molar-refractivity contribution in [3.63, 3.8) is 0 Å². The molecule has 6 heteroatoms. The molecule has 0 saturated heterocycles. The van der Waals surface area contributed by atoms with E-state index < -0.39 is 0 Å². The third-order valence-corrected chi connectivity index (χ3v) is 3.22. The van der Waals surface area contributed by atoms with E-state index in [0.717, 1.165) is 6.42 Å². The van der Waals surface area contributed by atoms with Gasteiger partial charge < -0.3 is 10.6 Å². The van der Waals surface area contributed by atoms with Crippen LogP contribution in [0.3, 0.4) is 0 Å². The van der Waals surface area contributed by atoms with Gasteiger partial charge in [0.1, 0.15) is 23.9 Å². The first-order valence-electron chi connectivity index (χ1n) is 7.46. The molecule has 0 aliphatic rings. The van der Waals surface area contributed by atoms with Crippen LogP contribution < -0.4 is 10.6 Å². The number of para-hydroxylation sites is 1. The van der Waals surface area contributed by atoms with Crippen molar-refractivity contribution < 1.29 is 4.79 Å². The lowest BCUT2D eigenvalue weighted by Crippen LogP contribution is -2.26. The summed E-state index contributed by atoms with van der Waals surface area (Å²) in [5, 5.41) is 15.0. The van der Waals surface area contributed by atoms with Crippen LogP contribution in [0, 0.1) is 17.2 Å². The van der Waals surface area contributed by atoms with Crippen LogP contribution in [-0.2, 0) is 0 Å². The molecule has 0 spiro atoms. The number of nitrogens with zero attached hydrogens (tertiary/aromatic N) is 3. The molecule has 1 aromatic heterocycles. The number of nitrogens with one attached hydrogen (secondary N) is 2. The summed E-state index contributed by atoms with van der Waals surface area (Å²) in [7, 11) is 0. The molecule has 0 saturated carbocycles. The fourth-order valence-corrected chi connectivity index (χ4v) is 1.94. The average molecular weight is 309 g/mol. The predicted molar refractivity (Wildman–Crippen MR) is 88.3 cm³/mol. The van der Waals surface area contributed by atoms with Crippen molar-refractivity contribution in [1.82, 2.24) is 15.3 Å². The quantitative estimate of drug-likeness (QED) is 0.856. The predicted octanol–water partition coefficient (Wildman–Crippen LogP) is 2.87. The summed E-state index contributed by atoms with van der Waals surface area (Å²) in [4.78, 5) is 20.2. The van der Waals surface area contributed by atoms with Crippen LogP contribution in [0.15, 0.2) is 36.7 Å². The maximum Gasteiger partial charge on any atom is 0.270 e. The monoisotopic (exact) mass is 309 g/mol. The topological polar surface area (TPSA) is 90.7 Å². The van der Waals surface area contributed by atoms with Gasteiger partial charge in [-0.05, 0) is 24.5 Å². The fourth-order valence-electron chi connectivity index (χ4n) is 1.94. The smallest absolute Gasteiger partial charge is 0.270 e. The Kier molecular flexibility index (Phi) is 5.64. The highest BCUT2D eigenvalue weighted by Gasteiger charge is 2.09. The lowest BCUT2D eigenvalue weighted by Gasteiger charge is -2.09. The SMILES string of the molecule is CC(C)CCNC(=O)c1cc(Nc2ccccc2C#N)ncn1. The second kappa shape index (κ2) is 7.90. The van der Waals surface area contributed by atoms with Gasteiger partial charge in [-0.25, -0.2) is 9.97 Å². The molecule has 0 aliphatic carbocycles. The minimum Gasteiger partial charge on any atom is -0.351 e. The zero-order valence-corrected chi connectivity index (χ0v) is 13.2. The second-order valence-corrected chi connectivity index (χ2v) is 5.51. The Bertz CT molecular complexity index is 721. The summed E-state index contributed by atoms with van der Waals surface area (Å²) in [5.74, 6) is 0.766. The lowest BCUT2D eigenvalue weighted by molar-refractivity contribution is 0.0947. The van der Waals surface area contributed by atoms with Crippen molar-refractivity contribution in [1.29, 1.82) is 5.26 Å². The summed E-state index contributed by atoms with van der Waals surface area (Å²) < 4.78 is 0. The van der Waals surface area contributed by atoms with Crippen LogP contribution in [-0.4, -0.2) is 22.4 Å².